The average Bonchev–Trinajstić information content (AvgIpc) is 2.71. The Morgan fingerprint density at radius 1 is 0.967 bits per heavy atom. The van der Waals surface area contributed by atoms with Crippen LogP contribution in [0, 0.1) is 5.41 Å². The summed E-state index contributed by atoms with van der Waals surface area (Å²) in [6.07, 6.45) is 0.164. The van der Waals surface area contributed by atoms with Crippen LogP contribution in [-0.4, -0.2) is 30.9 Å². The van der Waals surface area contributed by atoms with Gasteiger partial charge in [0.25, 0.3) is 0 Å². The lowest BCUT2D eigenvalue weighted by Gasteiger charge is -2.29. The van der Waals surface area contributed by atoms with Crippen LogP contribution in [0.4, 0.5) is 17.1 Å². The zero-order valence-corrected chi connectivity index (χ0v) is 17.5. The van der Waals surface area contributed by atoms with Crippen LogP contribution in [0.25, 0.3) is 0 Å². The van der Waals surface area contributed by atoms with Crippen LogP contribution in [0.1, 0.15) is 33.6 Å². The van der Waals surface area contributed by atoms with Gasteiger partial charge in [-0.2, -0.15) is 0 Å². The molecule has 2 N–H and O–H groups in total. The monoisotopic (exact) mass is 409 g/mol. The SMILES string of the molecule is CC(C)(C)C(=O)Nc1cccc(NC(=O)CCC(=O)N2CCOc3ccccc32)c1. The van der Waals surface area contributed by atoms with Gasteiger partial charge >= 0.3 is 0 Å². The lowest BCUT2D eigenvalue weighted by Crippen LogP contribution is -2.38. The number of carbonyl (C=O) groups is 3. The number of anilines is 3. The van der Waals surface area contributed by atoms with E-state index in [4.69, 9.17) is 4.74 Å². The summed E-state index contributed by atoms with van der Waals surface area (Å²) < 4.78 is 5.56. The minimum Gasteiger partial charge on any atom is -0.490 e. The molecule has 30 heavy (non-hydrogen) atoms. The van der Waals surface area contributed by atoms with Gasteiger partial charge in [0.2, 0.25) is 17.7 Å². The summed E-state index contributed by atoms with van der Waals surface area (Å²) in [7, 11) is 0. The molecule has 0 unspecified atom stereocenters. The first kappa shape index (κ1) is 21.4. The van der Waals surface area contributed by atoms with Gasteiger partial charge in [-0.3, -0.25) is 14.4 Å². The average molecular weight is 409 g/mol. The summed E-state index contributed by atoms with van der Waals surface area (Å²) in [5, 5.41) is 5.62. The molecule has 0 radical (unpaired) electrons. The van der Waals surface area contributed by atoms with Crippen molar-refractivity contribution in [3.8, 4) is 5.75 Å². The second kappa shape index (κ2) is 8.98. The number of rotatable bonds is 5. The number of nitrogens with one attached hydrogen (secondary N) is 2. The van der Waals surface area contributed by atoms with Gasteiger partial charge in [0.15, 0.2) is 0 Å². The highest BCUT2D eigenvalue weighted by atomic mass is 16.5. The number of ether oxygens (including phenoxy) is 1. The van der Waals surface area contributed by atoms with E-state index in [0.29, 0.717) is 30.3 Å². The quantitative estimate of drug-likeness (QED) is 0.786. The fraction of sp³-hybridized carbons (Fsp3) is 0.348. The zero-order chi connectivity index (χ0) is 21.7. The van der Waals surface area contributed by atoms with Gasteiger partial charge in [0, 0.05) is 29.6 Å². The Labute approximate surface area is 176 Å². The van der Waals surface area contributed by atoms with E-state index in [1.54, 1.807) is 29.2 Å². The maximum Gasteiger partial charge on any atom is 0.229 e. The highest BCUT2D eigenvalue weighted by Gasteiger charge is 2.24. The lowest BCUT2D eigenvalue weighted by molar-refractivity contribution is -0.123. The molecule has 1 heterocycles. The van der Waals surface area contributed by atoms with Crippen molar-refractivity contribution in [3.63, 3.8) is 0 Å². The van der Waals surface area contributed by atoms with Crippen molar-refractivity contribution < 1.29 is 19.1 Å². The predicted octanol–water partition coefficient (Wildman–Crippen LogP) is 3.82. The first-order valence-corrected chi connectivity index (χ1v) is 9.97. The minimum absolute atomic E-state index is 0.0664. The topological polar surface area (TPSA) is 87.7 Å². The van der Waals surface area contributed by atoms with Gasteiger partial charge in [-0.05, 0) is 30.3 Å². The van der Waals surface area contributed by atoms with E-state index in [0.717, 1.165) is 5.69 Å². The smallest absolute Gasteiger partial charge is 0.229 e. The van der Waals surface area contributed by atoms with Crippen molar-refractivity contribution in [2.45, 2.75) is 33.6 Å². The van der Waals surface area contributed by atoms with Gasteiger partial charge in [-0.25, -0.2) is 0 Å². The van der Waals surface area contributed by atoms with Crippen LogP contribution in [0.15, 0.2) is 48.5 Å². The number of para-hydroxylation sites is 2. The summed E-state index contributed by atoms with van der Waals surface area (Å²) in [5.41, 5.74) is 1.39. The fourth-order valence-electron chi connectivity index (χ4n) is 3.00. The molecular weight excluding hydrogens is 382 g/mol. The Kier molecular flexibility index (Phi) is 6.40. The summed E-state index contributed by atoms with van der Waals surface area (Å²) in [6.45, 7) is 6.39. The Bertz CT molecular complexity index is 949. The van der Waals surface area contributed by atoms with E-state index in [-0.39, 0.29) is 30.6 Å². The third-order valence-corrected chi connectivity index (χ3v) is 4.68. The molecule has 1 aliphatic heterocycles. The van der Waals surface area contributed by atoms with Crippen molar-refractivity contribution in [1.29, 1.82) is 0 Å². The summed E-state index contributed by atoms with van der Waals surface area (Å²) >= 11 is 0. The molecule has 0 aliphatic carbocycles. The van der Waals surface area contributed by atoms with Crippen molar-refractivity contribution in [1.82, 2.24) is 0 Å². The Morgan fingerprint density at radius 3 is 2.40 bits per heavy atom. The maximum atomic E-state index is 12.6. The van der Waals surface area contributed by atoms with E-state index in [2.05, 4.69) is 10.6 Å². The Hall–Kier alpha value is -3.35. The fourth-order valence-corrected chi connectivity index (χ4v) is 3.00. The van der Waals surface area contributed by atoms with Crippen LogP contribution in [0.3, 0.4) is 0 Å². The molecule has 2 aromatic carbocycles. The molecule has 0 bridgehead atoms. The zero-order valence-electron chi connectivity index (χ0n) is 17.5. The number of carbonyl (C=O) groups excluding carboxylic acids is 3. The molecule has 158 valence electrons. The lowest BCUT2D eigenvalue weighted by atomic mass is 9.95. The van der Waals surface area contributed by atoms with Crippen molar-refractivity contribution in [3.05, 3.63) is 48.5 Å². The first-order valence-electron chi connectivity index (χ1n) is 9.97. The first-order chi connectivity index (χ1) is 14.2. The summed E-state index contributed by atoms with van der Waals surface area (Å²) in [5.74, 6) is 0.189. The third kappa shape index (κ3) is 5.37. The van der Waals surface area contributed by atoms with Crippen molar-refractivity contribution in [2.24, 2.45) is 5.41 Å². The molecule has 0 aromatic heterocycles. The van der Waals surface area contributed by atoms with Gasteiger partial charge in [0.1, 0.15) is 12.4 Å². The highest BCUT2D eigenvalue weighted by molar-refractivity contribution is 6.00. The molecule has 0 fully saturated rings. The minimum atomic E-state index is -0.516. The summed E-state index contributed by atoms with van der Waals surface area (Å²) in [6, 6.07) is 14.3. The number of fused-ring (bicyclic) bond motifs is 1. The van der Waals surface area contributed by atoms with E-state index in [1.807, 2.05) is 45.0 Å². The highest BCUT2D eigenvalue weighted by Crippen LogP contribution is 2.31. The van der Waals surface area contributed by atoms with Gasteiger partial charge < -0.3 is 20.3 Å². The molecule has 0 atom stereocenters. The molecule has 0 saturated heterocycles. The van der Waals surface area contributed by atoms with E-state index >= 15 is 0 Å². The van der Waals surface area contributed by atoms with Crippen molar-refractivity contribution >= 4 is 34.8 Å². The summed E-state index contributed by atoms with van der Waals surface area (Å²) in [4.78, 5) is 38.8. The molecule has 1 aliphatic rings. The second-order valence-corrected chi connectivity index (χ2v) is 8.19. The Morgan fingerprint density at radius 2 is 1.67 bits per heavy atom. The molecule has 0 spiro atoms. The largest absolute Gasteiger partial charge is 0.490 e. The van der Waals surface area contributed by atoms with Gasteiger partial charge in [-0.15, -0.1) is 0 Å². The van der Waals surface area contributed by atoms with Crippen LogP contribution in [-0.2, 0) is 14.4 Å². The number of amides is 3. The molecule has 3 rings (SSSR count). The number of hydrogen-bond donors (Lipinski definition) is 2. The van der Waals surface area contributed by atoms with Gasteiger partial charge in [-0.1, -0.05) is 39.0 Å². The number of nitrogens with zero attached hydrogens (tertiary/aromatic N) is 1. The third-order valence-electron chi connectivity index (χ3n) is 4.68. The van der Waals surface area contributed by atoms with Crippen molar-refractivity contribution in [2.75, 3.05) is 28.7 Å². The van der Waals surface area contributed by atoms with Crippen LogP contribution < -0.4 is 20.3 Å². The van der Waals surface area contributed by atoms with E-state index in [9.17, 15) is 14.4 Å². The maximum absolute atomic E-state index is 12.6. The molecular formula is C23H27N3O4. The van der Waals surface area contributed by atoms with Crippen LogP contribution >= 0.6 is 0 Å². The standard InChI is InChI=1S/C23H27N3O4/c1-23(2,3)22(29)25-17-8-6-7-16(15-17)24-20(27)11-12-21(28)26-13-14-30-19-10-5-4-9-18(19)26/h4-10,15H,11-14H2,1-3H3,(H,24,27)(H,25,29). The molecule has 2 aromatic rings. The predicted molar refractivity (Wildman–Crippen MR) is 117 cm³/mol. The number of hydrogen-bond acceptors (Lipinski definition) is 4. The van der Waals surface area contributed by atoms with E-state index < -0.39 is 5.41 Å². The van der Waals surface area contributed by atoms with E-state index in [1.165, 1.54) is 0 Å². The second-order valence-electron chi connectivity index (χ2n) is 8.19. The van der Waals surface area contributed by atoms with Crippen LogP contribution in [0.2, 0.25) is 0 Å². The molecule has 3 amide bonds. The normalized spacial score (nSPS) is 13.1. The molecule has 7 heteroatoms. The molecule has 7 nitrogen and oxygen atoms in total. The number of benzene rings is 2. The molecule has 0 saturated carbocycles. The Balaban J connectivity index is 1.55. The van der Waals surface area contributed by atoms with Gasteiger partial charge in [0.05, 0.1) is 12.2 Å². The van der Waals surface area contributed by atoms with Crippen LogP contribution in [0.5, 0.6) is 5.75 Å².